The molecule has 0 unspecified atom stereocenters. The molecular formula is C23H26F3NO3. The molecule has 30 heavy (non-hydrogen) atoms. The summed E-state index contributed by atoms with van der Waals surface area (Å²) in [5, 5.41) is 0. The van der Waals surface area contributed by atoms with E-state index < -0.39 is 29.5 Å². The van der Waals surface area contributed by atoms with E-state index in [1.807, 2.05) is 20.8 Å². The smallest absolute Gasteiger partial charge is 0.416 e. The lowest BCUT2D eigenvalue weighted by Crippen LogP contribution is -2.44. The molecule has 2 atom stereocenters. The molecule has 2 aliphatic rings. The highest BCUT2D eigenvalue weighted by molar-refractivity contribution is 6.12. The number of ether oxygens (including phenoxy) is 1. The fourth-order valence-electron chi connectivity index (χ4n) is 4.49. The van der Waals surface area contributed by atoms with Crippen LogP contribution in [0.5, 0.6) is 0 Å². The molecule has 162 valence electrons. The number of carbonyl (C=O) groups is 2. The highest BCUT2D eigenvalue weighted by Gasteiger charge is 2.49. The Kier molecular flexibility index (Phi) is 5.94. The van der Waals surface area contributed by atoms with Crippen molar-refractivity contribution < 1.29 is 27.5 Å². The number of ketones is 1. The van der Waals surface area contributed by atoms with Crippen LogP contribution in [0.25, 0.3) is 0 Å². The van der Waals surface area contributed by atoms with Crippen LogP contribution in [0.1, 0.15) is 64.0 Å². The molecule has 0 N–H and O–H groups in total. The number of nitrogens with zero attached hydrogens (tertiary/aromatic N) is 1. The number of fused-ring (bicyclic) bond motifs is 1. The van der Waals surface area contributed by atoms with Gasteiger partial charge in [0.15, 0.2) is 0 Å². The predicted molar refractivity (Wildman–Crippen MR) is 107 cm³/mol. The van der Waals surface area contributed by atoms with E-state index >= 15 is 0 Å². The van der Waals surface area contributed by atoms with Crippen molar-refractivity contribution in [1.82, 2.24) is 0 Å². The summed E-state index contributed by atoms with van der Waals surface area (Å²) in [6.45, 7) is 7.44. The fourth-order valence-corrected chi connectivity index (χ4v) is 4.49. The molecule has 1 aliphatic carbocycles. The summed E-state index contributed by atoms with van der Waals surface area (Å²) in [6.07, 6.45) is -3.33. The van der Waals surface area contributed by atoms with Gasteiger partial charge in [0, 0.05) is 23.7 Å². The largest absolute Gasteiger partial charge is 0.462 e. The van der Waals surface area contributed by atoms with E-state index in [1.165, 1.54) is 18.2 Å². The zero-order valence-corrected chi connectivity index (χ0v) is 17.6. The monoisotopic (exact) mass is 421 g/mol. The van der Waals surface area contributed by atoms with Crippen molar-refractivity contribution in [2.24, 2.45) is 16.3 Å². The van der Waals surface area contributed by atoms with Crippen LogP contribution in [0, 0.1) is 11.3 Å². The number of rotatable bonds is 4. The van der Waals surface area contributed by atoms with Crippen molar-refractivity contribution in [1.29, 1.82) is 0 Å². The average Bonchev–Trinajstić information content (AvgIpc) is 2.63. The molecule has 0 spiro atoms. The van der Waals surface area contributed by atoms with Crippen LogP contribution in [0.15, 0.2) is 40.5 Å². The van der Waals surface area contributed by atoms with Gasteiger partial charge in [-0.3, -0.25) is 9.79 Å². The van der Waals surface area contributed by atoms with Gasteiger partial charge in [-0.2, -0.15) is 13.2 Å². The van der Waals surface area contributed by atoms with E-state index in [1.54, 1.807) is 6.92 Å². The molecule has 0 saturated heterocycles. The molecular weight excluding hydrogens is 395 g/mol. The molecule has 1 saturated carbocycles. The quantitative estimate of drug-likeness (QED) is 0.605. The van der Waals surface area contributed by atoms with Gasteiger partial charge >= 0.3 is 12.1 Å². The molecule has 1 fully saturated rings. The van der Waals surface area contributed by atoms with Gasteiger partial charge in [-0.15, -0.1) is 0 Å². The summed E-state index contributed by atoms with van der Waals surface area (Å²) < 4.78 is 46.8. The van der Waals surface area contributed by atoms with Gasteiger partial charge in [0.05, 0.1) is 23.7 Å². The van der Waals surface area contributed by atoms with Crippen LogP contribution in [-0.2, 0) is 20.5 Å². The maximum atomic E-state index is 13.8. The number of carbonyl (C=O) groups excluding carboxylic acids is 2. The number of hydrogen-bond acceptors (Lipinski definition) is 4. The molecule has 0 bridgehead atoms. The van der Waals surface area contributed by atoms with Crippen LogP contribution in [0.4, 0.5) is 13.2 Å². The lowest BCUT2D eigenvalue weighted by Gasteiger charge is -2.41. The number of aliphatic imine (C=N–C) groups is 1. The zero-order valence-electron chi connectivity index (χ0n) is 17.6. The second-order valence-corrected chi connectivity index (χ2v) is 8.76. The minimum Gasteiger partial charge on any atom is -0.462 e. The summed E-state index contributed by atoms with van der Waals surface area (Å²) in [5.74, 6) is -2.87. The minimum absolute atomic E-state index is 0.0435. The molecule has 0 amide bonds. The van der Waals surface area contributed by atoms with E-state index in [4.69, 9.17) is 4.74 Å². The third-order valence-electron chi connectivity index (χ3n) is 5.62. The Labute approximate surface area is 174 Å². The molecule has 3 rings (SSSR count). The summed E-state index contributed by atoms with van der Waals surface area (Å²) in [6, 6.07) is 5.14. The van der Waals surface area contributed by atoms with Gasteiger partial charge in [-0.1, -0.05) is 39.0 Å². The Morgan fingerprint density at radius 2 is 1.87 bits per heavy atom. The Morgan fingerprint density at radius 3 is 2.50 bits per heavy atom. The number of alkyl halides is 3. The Bertz CT molecular complexity index is 928. The first-order valence-corrected chi connectivity index (χ1v) is 10.1. The molecule has 0 radical (unpaired) electrons. The van der Waals surface area contributed by atoms with E-state index in [-0.39, 0.29) is 35.4 Å². The van der Waals surface area contributed by atoms with Gasteiger partial charge in [0.1, 0.15) is 5.78 Å². The average molecular weight is 421 g/mol. The Hall–Kier alpha value is -2.44. The molecule has 4 nitrogen and oxygen atoms in total. The third-order valence-corrected chi connectivity index (χ3v) is 5.62. The fraction of sp³-hybridized carbons (Fsp3) is 0.522. The van der Waals surface area contributed by atoms with Crippen LogP contribution >= 0.6 is 0 Å². The van der Waals surface area contributed by atoms with Crippen LogP contribution in [-0.4, -0.2) is 24.1 Å². The van der Waals surface area contributed by atoms with Gasteiger partial charge < -0.3 is 4.74 Å². The first-order valence-electron chi connectivity index (χ1n) is 10.1. The maximum absolute atomic E-state index is 13.8. The van der Waals surface area contributed by atoms with Crippen molar-refractivity contribution in [3.8, 4) is 0 Å². The van der Waals surface area contributed by atoms with Crippen molar-refractivity contribution in [2.45, 2.75) is 59.1 Å². The van der Waals surface area contributed by atoms with Crippen LogP contribution < -0.4 is 0 Å². The van der Waals surface area contributed by atoms with Crippen LogP contribution in [0.2, 0.25) is 0 Å². The summed E-state index contributed by atoms with van der Waals surface area (Å²) in [7, 11) is 0. The van der Waals surface area contributed by atoms with Gasteiger partial charge in [-0.05, 0) is 36.8 Å². The number of halogens is 3. The Morgan fingerprint density at radius 1 is 1.20 bits per heavy atom. The standard InChI is InChI=1S/C23H26F3NO3/c1-5-10-30-21(29)18-13(2)27-16-11-22(3,4)12-17(28)20(16)19(18)14-8-6-7-9-15(14)23(24,25)26/h6-9,19-20H,5,10-12H2,1-4H3/t19-,20-/m1/s1. The van der Waals surface area contributed by atoms with E-state index in [0.29, 0.717) is 24.3 Å². The van der Waals surface area contributed by atoms with E-state index in [0.717, 1.165) is 6.07 Å². The topological polar surface area (TPSA) is 55.7 Å². The minimum atomic E-state index is -4.62. The zero-order chi connectivity index (χ0) is 22.3. The first-order chi connectivity index (χ1) is 14.0. The summed E-state index contributed by atoms with van der Waals surface area (Å²) in [4.78, 5) is 30.5. The second kappa shape index (κ2) is 8.00. The van der Waals surface area contributed by atoms with Crippen molar-refractivity contribution >= 4 is 17.5 Å². The molecule has 1 aromatic carbocycles. The lowest BCUT2D eigenvalue weighted by atomic mass is 9.63. The van der Waals surface area contributed by atoms with Gasteiger partial charge in [0.25, 0.3) is 0 Å². The number of benzene rings is 1. The number of allylic oxidation sites excluding steroid dienone is 1. The van der Waals surface area contributed by atoms with Crippen LogP contribution in [0.3, 0.4) is 0 Å². The SMILES string of the molecule is CCCOC(=O)C1=C(C)N=C2CC(C)(C)CC(=O)[C@@H]2[C@@H]1c1ccccc1C(F)(F)F. The predicted octanol–water partition coefficient (Wildman–Crippen LogP) is 5.48. The van der Waals surface area contributed by atoms with Crippen molar-refractivity contribution in [3.63, 3.8) is 0 Å². The third kappa shape index (κ3) is 4.20. The van der Waals surface area contributed by atoms with Crippen molar-refractivity contribution in [2.75, 3.05) is 6.61 Å². The molecule has 7 heteroatoms. The second-order valence-electron chi connectivity index (χ2n) is 8.76. The van der Waals surface area contributed by atoms with E-state index in [2.05, 4.69) is 4.99 Å². The van der Waals surface area contributed by atoms with Gasteiger partial charge in [0.2, 0.25) is 0 Å². The number of hydrogen-bond donors (Lipinski definition) is 0. The van der Waals surface area contributed by atoms with E-state index in [9.17, 15) is 22.8 Å². The molecule has 0 aromatic heterocycles. The molecule has 1 aliphatic heterocycles. The van der Waals surface area contributed by atoms with Crippen molar-refractivity contribution in [3.05, 3.63) is 46.7 Å². The number of Topliss-reactive ketones (excluding diaryl/α,β-unsaturated/α-hetero) is 1. The summed E-state index contributed by atoms with van der Waals surface area (Å²) >= 11 is 0. The highest BCUT2D eigenvalue weighted by Crippen LogP contribution is 2.49. The highest BCUT2D eigenvalue weighted by atomic mass is 19.4. The normalized spacial score (nSPS) is 23.7. The summed E-state index contributed by atoms with van der Waals surface area (Å²) in [5.41, 5.74) is -0.360. The maximum Gasteiger partial charge on any atom is 0.416 e. The number of esters is 1. The van der Waals surface area contributed by atoms with Gasteiger partial charge in [-0.25, -0.2) is 4.79 Å². The first kappa shape index (κ1) is 22.2. The molecule has 1 aromatic rings. The molecule has 1 heterocycles. The Balaban J connectivity index is 2.23. The lowest BCUT2D eigenvalue weighted by molar-refractivity contribution is -0.141.